The second-order valence-corrected chi connectivity index (χ2v) is 2.09. The summed E-state index contributed by atoms with van der Waals surface area (Å²) in [6, 6.07) is 0. The van der Waals surface area contributed by atoms with Gasteiger partial charge in [-0.15, -0.1) is 0 Å². The molecule has 0 saturated heterocycles. The number of hydrogen-bond donors (Lipinski definition) is 1. The molecule has 2 heteroatoms. The summed E-state index contributed by atoms with van der Waals surface area (Å²) in [5.74, 6) is 0.194. The van der Waals surface area contributed by atoms with E-state index in [0.29, 0.717) is 6.54 Å². The van der Waals surface area contributed by atoms with Crippen molar-refractivity contribution in [1.29, 1.82) is 0 Å². The number of rotatable bonds is 1. The first-order valence-electron chi connectivity index (χ1n) is 2.68. The van der Waals surface area contributed by atoms with E-state index in [1.807, 2.05) is 0 Å². The van der Waals surface area contributed by atoms with Crippen molar-refractivity contribution < 1.29 is 4.39 Å². The standard InChI is InChI=1S/C5H10FN/c6-5-2-1-4(5)3-7/h4-5H,1-3,7H2/t4-,5-/m1/s1. The molecule has 1 rings (SSSR count). The van der Waals surface area contributed by atoms with E-state index in [2.05, 4.69) is 0 Å². The molecule has 0 unspecified atom stereocenters. The van der Waals surface area contributed by atoms with E-state index in [1.165, 1.54) is 0 Å². The van der Waals surface area contributed by atoms with Crippen molar-refractivity contribution in [2.45, 2.75) is 19.0 Å². The maximum absolute atomic E-state index is 12.1. The van der Waals surface area contributed by atoms with E-state index >= 15 is 0 Å². The molecule has 0 aliphatic heterocycles. The van der Waals surface area contributed by atoms with Crippen LogP contribution in [-0.2, 0) is 0 Å². The van der Waals surface area contributed by atoms with Crippen LogP contribution in [0.15, 0.2) is 0 Å². The predicted molar refractivity (Wildman–Crippen MR) is 26.7 cm³/mol. The predicted octanol–water partition coefficient (Wildman–Crippen LogP) is 0.693. The summed E-state index contributed by atoms with van der Waals surface area (Å²) in [5.41, 5.74) is 5.18. The van der Waals surface area contributed by atoms with Gasteiger partial charge in [0.05, 0.1) is 0 Å². The van der Waals surface area contributed by atoms with Crippen molar-refractivity contribution >= 4 is 0 Å². The Morgan fingerprint density at radius 3 is 2.29 bits per heavy atom. The van der Waals surface area contributed by atoms with Gasteiger partial charge in [-0.2, -0.15) is 0 Å². The van der Waals surface area contributed by atoms with Gasteiger partial charge in [-0.05, 0) is 19.4 Å². The van der Waals surface area contributed by atoms with Crippen LogP contribution in [0.5, 0.6) is 0 Å². The average Bonchev–Trinajstić information content (AvgIpc) is 1.65. The molecule has 0 aromatic rings. The van der Waals surface area contributed by atoms with Crippen molar-refractivity contribution in [2.24, 2.45) is 11.7 Å². The minimum atomic E-state index is -0.579. The number of halogens is 1. The van der Waals surface area contributed by atoms with E-state index in [-0.39, 0.29) is 5.92 Å². The van der Waals surface area contributed by atoms with Gasteiger partial charge in [-0.25, -0.2) is 4.39 Å². The summed E-state index contributed by atoms with van der Waals surface area (Å²) in [4.78, 5) is 0. The highest BCUT2D eigenvalue weighted by Crippen LogP contribution is 2.28. The normalized spacial score (nSPS) is 40.3. The topological polar surface area (TPSA) is 26.0 Å². The molecule has 1 aliphatic rings. The zero-order valence-corrected chi connectivity index (χ0v) is 4.23. The molecule has 0 bridgehead atoms. The third-order valence-corrected chi connectivity index (χ3v) is 1.63. The maximum atomic E-state index is 12.1. The van der Waals surface area contributed by atoms with Gasteiger partial charge in [-0.3, -0.25) is 0 Å². The van der Waals surface area contributed by atoms with E-state index in [9.17, 15) is 4.39 Å². The van der Waals surface area contributed by atoms with E-state index in [0.717, 1.165) is 12.8 Å². The second kappa shape index (κ2) is 1.78. The monoisotopic (exact) mass is 103 g/mol. The van der Waals surface area contributed by atoms with Gasteiger partial charge in [0.15, 0.2) is 0 Å². The Labute approximate surface area is 42.7 Å². The summed E-state index contributed by atoms with van der Waals surface area (Å²) >= 11 is 0. The fourth-order valence-electron chi connectivity index (χ4n) is 0.794. The lowest BCUT2D eigenvalue weighted by molar-refractivity contribution is 0.119. The number of hydrogen-bond acceptors (Lipinski definition) is 1. The third kappa shape index (κ3) is 0.752. The van der Waals surface area contributed by atoms with E-state index < -0.39 is 6.17 Å². The first kappa shape index (κ1) is 5.04. The molecule has 2 N–H and O–H groups in total. The summed E-state index contributed by atoms with van der Waals surface area (Å²) < 4.78 is 12.1. The molecule has 0 radical (unpaired) electrons. The molecule has 1 aliphatic carbocycles. The van der Waals surface area contributed by atoms with Crippen molar-refractivity contribution in [3.05, 3.63) is 0 Å². The van der Waals surface area contributed by atoms with Crippen LogP contribution in [0.4, 0.5) is 4.39 Å². The molecular weight excluding hydrogens is 93.1 g/mol. The number of alkyl halides is 1. The Morgan fingerprint density at radius 2 is 2.29 bits per heavy atom. The SMILES string of the molecule is NC[C@H]1CC[C@H]1F. The van der Waals surface area contributed by atoms with Gasteiger partial charge >= 0.3 is 0 Å². The molecule has 42 valence electrons. The highest BCUT2D eigenvalue weighted by atomic mass is 19.1. The van der Waals surface area contributed by atoms with Crippen LogP contribution in [0.2, 0.25) is 0 Å². The van der Waals surface area contributed by atoms with Gasteiger partial charge < -0.3 is 5.73 Å². The van der Waals surface area contributed by atoms with Crippen LogP contribution in [0, 0.1) is 5.92 Å². The van der Waals surface area contributed by atoms with Crippen LogP contribution >= 0.6 is 0 Å². The van der Waals surface area contributed by atoms with Gasteiger partial charge in [0.2, 0.25) is 0 Å². The largest absolute Gasteiger partial charge is 0.330 e. The van der Waals surface area contributed by atoms with Crippen LogP contribution < -0.4 is 5.73 Å². The Kier molecular flexibility index (Phi) is 1.28. The van der Waals surface area contributed by atoms with Crippen LogP contribution in [0.3, 0.4) is 0 Å². The molecule has 1 nitrogen and oxygen atoms in total. The van der Waals surface area contributed by atoms with E-state index in [4.69, 9.17) is 5.73 Å². The molecule has 0 aromatic carbocycles. The van der Waals surface area contributed by atoms with Crippen molar-refractivity contribution in [3.8, 4) is 0 Å². The zero-order valence-electron chi connectivity index (χ0n) is 4.23. The van der Waals surface area contributed by atoms with Gasteiger partial charge in [0.25, 0.3) is 0 Å². The lowest BCUT2D eigenvalue weighted by Gasteiger charge is -2.28. The first-order chi connectivity index (χ1) is 3.34. The van der Waals surface area contributed by atoms with Crippen LogP contribution in [0.1, 0.15) is 12.8 Å². The molecule has 0 aromatic heterocycles. The average molecular weight is 103 g/mol. The zero-order chi connectivity index (χ0) is 5.28. The highest BCUT2D eigenvalue weighted by Gasteiger charge is 2.28. The first-order valence-corrected chi connectivity index (χ1v) is 2.68. The maximum Gasteiger partial charge on any atom is 0.104 e. The lowest BCUT2D eigenvalue weighted by Crippen LogP contribution is -2.33. The Morgan fingerprint density at radius 1 is 1.57 bits per heavy atom. The molecule has 0 heterocycles. The highest BCUT2D eigenvalue weighted by molar-refractivity contribution is 4.80. The fourth-order valence-corrected chi connectivity index (χ4v) is 0.794. The smallest absolute Gasteiger partial charge is 0.104 e. The Bertz CT molecular complexity index is 63.1. The van der Waals surface area contributed by atoms with Crippen LogP contribution in [0.25, 0.3) is 0 Å². The minimum absolute atomic E-state index is 0.194. The summed E-state index contributed by atoms with van der Waals surface area (Å²) in [6.07, 6.45) is 1.16. The molecule has 7 heavy (non-hydrogen) atoms. The summed E-state index contributed by atoms with van der Waals surface area (Å²) in [5, 5.41) is 0. The van der Waals surface area contributed by atoms with Crippen molar-refractivity contribution in [2.75, 3.05) is 6.54 Å². The van der Waals surface area contributed by atoms with Gasteiger partial charge in [0.1, 0.15) is 6.17 Å². The molecule has 2 atom stereocenters. The number of nitrogens with two attached hydrogens (primary N) is 1. The van der Waals surface area contributed by atoms with Crippen LogP contribution in [-0.4, -0.2) is 12.7 Å². The minimum Gasteiger partial charge on any atom is -0.330 e. The third-order valence-electron chi connectivity index (χ3n) is 1.63. The Balaban J connectivity index is 2.16. The molecule has 0 amide bonds. The molecular formula is C5H10FN. The summed E-state index contributed by atoms with van der Waals surface area (Å²) in [7, 11) is 0. The lowest BCUT2D eigenvalue weighted by atomic mass is 9.83. The quantitative estimate of drug-likeness (QED) is 0.519. The van der Waals surface area contributed by atoms with Crippen molar-refractivity contribution in [1.82, 2.24) is 0 Å². The fraction of sp³-hybridized carbons (Fsp3) is 1.00. The van der Waals surface area contributed by atoms with Crippen molar-refractivity contribution in [3.63, 3.8) is 0 Å². The molecule has 0 spiro atoms. The molecule has 1 saturated carbocycles. The van der Waals surface area contributed by atoms with Gasteiger partial charge in [0, 0.05) is 5.92 Å². The molecule has 1 fully saturated rings. The Hall–Kier alpha value is -0.110. The summed E-state index contributed by atoms with van der Waals surface area (Å²) in [6.45, 7) is 0.529. The second-order valence-electron chi connectivity index (χ2n) is 2.09. The van der Waals surface area contributed by atoms with Gasteiger partial charge in [-0.1, -0.05) is 0 Å². The van der Waals surface area contributed by atoms with E-state index in [1.54, 1.807) is 0 Å².